The van der Waals surface area contributed by atoms with Gasteiger partial charge in [-0.1, -0.05) is 15.9 Å². The van der Waals surface area contributed by atoms with E-state index in [1.165, 1.54) is 0 Å². The zero-order chi connectivity index (χ0) is 12.0. The fourth-order valence-electron chi connectivity index (χ4n) is 1.43. The lowest BCUT2D eigenvalue weighted by molar-refractivity contribution is 0.0764. The fraction of sp³-hybridized carbons (Fsp3) is 0.500. The van der Waals surface area contributed by atoms with Gasteiger partial charge in [0.15, 0.2) is 0 Å². The molecule has 0 spiro atoms. The number of aromatic nitrogens is 1. The summed E-state index contributed by atoms with van der Waals surface area (Å²) in [5.74, 6) is 0.0657. The van der Waals surface area contributed by atoms with Crippen LogP contribution in [-0.4, -0.2) is 34.2 Å². The number of alkyl halides is 1. The molecule has 1 aromatic rings. The number of amides is 1. The van der Waals surface area contributed by atoms with Crippen LogP contribution in [0.2, 0.25) is 0 Å². The van der Waals surface area contributed by atoms with Crippen molar-refractivity contribution in [2.24, 2.45) is 0 Å². The summed E-state index contributed by atoms with van der Waals surface area (Å²) >= 11 is 3.37. The molecule has 0 unspecified atom stereocenters. The van der Waals surface area contributed by atoms with Crippen molar-refractivity contribution in [3.8, 4) is 0 Å². The van der Waals surface area contributed by atoms with Gasteiger partial charge in [0.25, 0.3) is 5.91 Å². The monoisotopic (exact) mass is 284 g/mol. The van der Waals surface area contributed by atoms with E-state index < -0.39 is 0 Å². The first kappa shape index (κ1) is 13.2. The van der Waals surface area contributed by atoms with Crippen LogP contribution < -0.4 is 0 Å². The minimum atomic E-state index is 0.0657. The fourth-order valence-corrected chi connectivity index (χ4v) is 1.68. The summed E-state index contributed by atoms with van der Waals surface area (Å²) < 4.78 is 0. The lowest BCUT2D eigenvalue weighted by atomic mass is 10.2. The van der Waals surface area contributed by atoms with Gasteiger partial charge in [-0.2, -0.15) is 0 Å². The zero-order valence-electron chi connectivity index (χ0n) is 9.74. The summed E-state index contributed by atoms with van der Waals surface area (Å²) in [6.45, 7) is 5.43. The van der Waals surface area contributed by atoms with E-state index in [-0.39, 0.29) is 5.91 Å². The number of hydrogen-bond acceptors (Lipinski definition) is 2. The Labute approximate surface area is 105 Å². The number of hydrogen-bond donors (Lipinski definition) is 0. The van der Waals surface area contributed by atoms with Crippen LogP contribution in [0.4, 0.5) is 0 Å². The molecule has 3 nitrogen and oxygen atoms in total. The van der Waals surface area contributed by atoms with Crippen LogP contribution in [0.5, 0.6) is 0 Å². The highest BCUT2D eigenvalue weighted by atomic mass is 79.9. The van der Waals surface area contributed by atoms with Gasteiger partial charge in [0.2, 0.25) is 0 Å². The third-order valence-corrected chi connectivity index (χ3v) is 2.95. The topological polar surface area (TPSA) is 33.2 Å². The van der Waals surface area contributed by atoms with Crippen molar-refractivity contribution in [1.82, 2.24) is 9.88 Å². The predicted octanol–water partition coefficient (Wildman–Crippen LogP) is 2.64. The van der Waals surface area contributed by atoms with E-state index in [1.54, 1.807) is 6.20 Å². The Kier molecular flexibility index (Phi) is 5.46. The molecule has 0 saturated heterocycles. The van der Waals surface area contributed by atoms with Crippen molar-refractivity contribution >= 4 is 21.8 Å². The van der Waals surface area contributed by atoms with Gasteiger partial charge < -0.3 is 4.90 Å². The molecule has 1 heterocycles. The van der Waals surface area contributed by atoms with Gasteiger partial charge in [0.05, 0.1) is 5.56 Å². The molecule has 16 heavy (non-hydrogen) atoms. The van der Waals surface area contributed by atoms with Crippen molar-refractivity contribution < 1.29 is 4.79 Å². The van der Waals surface area contributed by atoms with Crippen LogP contribution >= 0.6 is 15.9 Å². The van der Waals surface area contributed by atoms with E-state index in [0.717, 1.165) is 30.5 Å². The minimum absolute atomic E-state index is 0.0657. The van der Waals surface area contributed by atoms with Crippen molar-refractivity contribution in [1.29, 1.82) is 0 Å². The highest BCUT2D eigenvalue weighted by molar-refractivity contribution is 9.09. The molecule has 4 heteroatoms. The first-order chi connectivity index (χ1) is 7.69. The molecular weight excluding hydrogens is 268 g/mol. The van der Waals surface area contributed by atoms with Crippen LogP contribution in [0.3, 0.4) is 0 Å². The van der Waals surface area contributed by atoms with Gasteiger partial charge in [-0.25, -0.2) is 0 Å². The number of carbonyl (C=O) groups excluding carboxylic acids is 1. The zero-order valence-corrected chi connectivity index (χ0v) is 11.3. The third kappa shape index (κ3) is 3.59. The molecule has 0 fully saturated rings. The quantitative estimate of drug-likeness (QED) is 0.779. The van der Waals surface area contributed by atoms with Crippen molar-refractivity contribution in [2.75, 3.05) is 18.4 Å². The standard InChI is InChI=1S/C12H17BrN2O/c1-3-15(8-4-7-13)12(16)11-6-5-10(2)14-9-11/h5-6,9H,3-4,7-8H2,1-2H3. The Morgan fingerprint density at radius 3 is 2.75 bits per heavy atom. The summed E-state index contributed by atoms with van der Waals surface area (Å²) in [5, 5.41) is 0.920. The van der Waals surface area contributed by atoms with E-state index in [2.05, 4.69) is 20.9 Å². The van der Waals surface area contributed by atoms with E-state index >= 15 is 0 Å². The average molecular weight is 285 g/mol. The van der Waals surface area contributed by atoms with Crippen molar-refractivity contribution in [2.45, 2.75) is 20.3 Å². The maximum absolute atomic E-state index is 12.1. The van der Waals surface area contributed by atoms with Crippen LogP contribution in [0.1, 0.15) is 29.4 Å². The van der Waals surface area contributed by atoms with E-state index in [0.29, 0.717) is 5.56 Å². The van der Waals surface area contributed by atoms with Crippen LogP contribution in [-0.2, 0) is 0 Å². The molecular formula is C12H17BrN2O. The van der Waals surface area contributed by atoms with Gasteiger partial charge in [0.1, 0.15) is 0 Å². The summed E-state index contributed by atoms with van der Waals surface area (Å²) in [4.78, 5) is 18.0. The molecule has 0 bridgehead atoms. The third-order valence-electron chi connectivity index (χ3n) is 2.39. The summed E-state index contributed by atoms with van der Waals surface area (Å²) in [6, 6.07) is 3.70. The largest absolute Gasteiger partial charge is 0.339 e. The molecule has 0 saturated carbocycles. The van der Waals surface area contributed by atoms with Gasteiger partial charge in [-0.3, -0.25) is 9.78 Å². The molecule has 1 rings (SSSR count). The van der Waals surface area contributed by atoms with Gasteiger partial charge in [0, 0.05) is 30.3 Å². The first-order valence-electron chi connectivity index (χ1n) is 5.47. The molecule has 0 aromatic carbocycles. The molecule has 0 radical (unpaired) electrons. The SMILES string of the molecule is CCN(CCCBr)C(=O)c1ccc(C)nc1. The number of aryl methyl sites for hydroxylation is 1. The molecule has 0 aliphatic heterocycles. The second kappa shape index (κ2) is 6.63. The van der Waals surface area contributed by atoms with Crippen molar-refractivity contribution in [3.63, 3.8) is 0 Å². The number of pyridine rings is 1. The number of carbonyl (C=O) groups is 1. The molecule has 0 N–H and O–H groups in total. The molecule has 0 aliphatic carbocycles. The molecule has 0 atom stereocenters. The molecule has 1 amide bonds. The summed E-state index contributed by atoms with van der Waals surface area (Å²) in [7, 11) is 0. The number of rotatable bonds is 5. The average Bonchev–Trinajstić information content (AvgIpc) is 2.30. The van der Waals surface area contributed by atoms with Crippen LogP contribution in [0.25, 0.3) is 0 Å². The Bertz CT molecular complexity index is 337. The Morgan fingerprint density at radius 2 is 2.25 bits per heavy atom. The second-order valence-electron chi connectivity index (χ2n) is 3.62. The highest BCUT2D eigenvalue weighted by Gasteiger charge is 2.13. The Balaban J connectivity index is 2.70. The lowest BCUT2D eigenvalue weighted by Crippen LogP contribution is -2.32. The van der Waals surface area contributed by atoms with Gasteiger partial charge in [-0.15, -0.1) is 0 Å². The predicted molar refractivity (Wildman–Crippen MR) is 69.0 cm³/mol. The second-order valence-corrected chi connectivity index (χ2v) is 4.41. The lowest BCUT2D eigenvalue weighted by Gasteiger charge is -2.20. The summed E-state index contributed by atoms with van der Waals surface area (Å²) in [6.07, 6.45) is 2.62. The van der Waals surface area contributed by atoms with E-state index in [4.69, 9.17) is 0 Å². The molecule has 88 valence electrons. The van der Waals surface area contributed by atoms with Crippen LogP contribution in [0.15, 0.2) is 18.3 Å². The normalized spacial score (nSPS) is 10.2. The molecule has 1 aromatic heterocycles. The van der Waals surface area contributed by atoms with Crippen molar-refractivity contribution in [3.05, 3.63) is 29.6 Å². The van der Waals surface area contributed by atoms with Gasteiger partial charge >= 0.3 is 0 Å². The minimum Gasteiger partial charge on any atom is -0.339 e. The van der Waals surface area contributed by atoms with Gasteiger partial charge in [-0.05, 0) is 32.4 Å². The number of nitrogens with zero attached hydrogens (tertiary/aromatic N) is 2. The van der Waals surface area contributed by atoms with E-state index in [1.807, 2.05) is 30.9 Å². The Morgan fingerprint density at radius 1 is 1.50 bits per heavy atom. The smallest absolute Gasteiger partial charge is 0.255 e. The number of halogens is 1. The maximum atomic E-state index is 12.1. The van der Waals surface area contributed by atoms with E-state index in [9.17, 15) is 4.79 Å². The Hall–Kier alpha value is -0.900. The van der Waals surface area contributed by atoms with Crippen LogP contribution in [0, 0.1) is 6.92 Å². The summed E-state index contributed by atoms with van der Waals surface area (Å²) in [5.41, 5.74) is 1.60. The molecule has 0 aliphatic rings. The highest BCUT2D eigenvalue weighted by Crippen LogP contribution is 2.05. The maximum Gasteiger partial charge on any atom is 0.255 e. The first-order valence-corrected chi connectivity index (χ1v) is 6.59.